The second-order valence-corrected chi connectivity index (χ2v) is 4.44. The molecule has 6 heteroatoms. The molecular formula is C12H11N5S. The fraction of sp³-hybridized carbons (Fsp3) is 0.0833. The quantitative estimate of drug-likeness (QED) is 0.655. The summed E-state index contributed by atoms with van der Waals surface area (Å²) >= 11 is 4.37. The fourth-order valence-corrected chi connectivity index (χ4v) is 2.28. The summed E-state index contributed by atoms with van der Waals surface area (Å²) < 4.78 is 1.69. The first-order valence-electron chi connectivity index (χ1n) is 5.41. The first kappa shape index (κ1) is 11.0. The topological polar surface area (TPSA) is 69.6 Å². The molecule has 3 heterocycles. The molecule has 0 aliphatic rings. The van der Waals surface area contributed by atoms with Crippen molar-refractivity contribution in [2.75, 3.05) is 5.73 Å². The maximum Gasteiger partial charge on any atom is 0.220 e. The minimum absolute atomic E-state index is 0.258. The molecule has 0 saturated heterocycles. The van der Waals surface area contributed by atoms with Crippen molar-refractivity contribution in [2.24, 2.45) is 0 Å². The second kappa shape index (κ2) is 3.99. The summed E-state index contributed by atoms with van der Waals surface area (Å²) in [5.74, 6) is 0.258. The number of nitrogens with zero attached hydrogens (tertiary/aromatic N) is 4. The van der Waals surface area contributed by atoms with Crippen LogP contribution in [0.15, 0.2) is 30.7 Å². The van der Waals surface area contributed by atoms with Crippen LogP contribution in [0.3, 0.4) is 0 Å². The lowest BCUT2D eigenvalue weighted by Gasteiger charge is -2.01. The van der Waals surface area contributed by atoms with E-state index in [1.807, 2.05) is 25.3 Å². The number of thiol groups is 1. The zero-order chi connectivity index (χ0) is 12.7. The van der Waals surface area contributed by atoms with Gasteiger partial charge in [-0.05, 0) is 24.6 Å². The molecule has 2 N–H and O–H groups in total. The molecule has 0 saturated carbocycles. The number of nitrogen functional groups attached to an aromatic ring is 1. The van der Waals surface area contributed by atoms with Crippen molar-refractivity contribution in [2.45, 2.75) is 6.92 Å². The van der Waals surface area contributed by atoms with Crippen molar-refractivity contribution in [3.05, 3.63) is 36.3 Å². The molecule has 3 aromatic rings. The highest BCUT2D eigenvalue weighted by atomic mass is 32.1. The lowest BCUT2D eigenvalue weighted by Crippen LogP contribution is -1.95. The van der Waals surface area contributed by atoms with Gasteiger partial charge in [-0.1, -0.05) is 12.8 Å². The molecule has 3 aromatic heterocycles. The molecule has 3 rings (SSSR count). The fourth-order valence-electron chi connectivity index (χ4n) is 2.02. The van der Waals surface area contributed by atoms with Gasteiger partial charge < -0.3 is 5.73 Å². The average Bonchev–Trinajstić information content (AvgIpc) is 2.69. The van der Waals surface area contributed by atoms with Crippen LogP contribution in [0.2, 0.25) is 0 Å². The molecule has 0 unspecified atom stereocenters. The van der Waals surface area contributed by atoms with Crippen LogP contribution in [-0.4, -0.2) is 18.9 Å². The Bertz CT molecular complexity index is 734. The summed E-state index contributed by atoms with van der Waals surface area (Å²) in [6, 6.07) is 3.79. The number of rotatable bonds is 1. The molecule has 18 heavy (non-hydrogen) atoms. The molecule has 0 amide bonds. The normalized spacial score (nSPS) is 11.0. The third kappa shape index (κ3) is 1.62. The third-order valence-corrected chi connectivity index (χ3v) is 3.13. The smallest absolute Gasteiger partial charge is 0.220 e. The third-order valence-electron chi connectivity index (χ3n) is 2.83. The van der Waals surface area contributed by atoms with Gasteiger partial charge in [-0.2, -0.15) is 0 Å². The van der Waals surface area contributed by atoms with Crippen LogP contribution in [-0.2, 0) is 0 Å². The highest BCUT2D eigenvalue weighted by Gasteiger charge is 2.13. The van der Waals surface area contributed by atoms with E-state index >= 15 is 0 Å². The second-order valence-electron chi connectivity index (χ2n) is 4.01. The molecule has 0 aliphatic carbocycles. The Hall–Kier alpha value is -2.08. The molecule has 0 spiro atoms. The summed E-state index contributed by atoms with van der Waals surface area (Å²) in [6.07, 6.45) is 5.29. The maximum absolute atomic E-state index is 5.62. The standard InChI is InChI=1S/C12H11N5S/c1-7-2-4-14-11-10(7)8(6-17(11)18)9-3-5-15-12(13)16-9/h2-6,18H,1H3,(H2,13,15,16). The molecule has 0 bridgehead atoms. The van der Waals surface area contributed by atoms with Gasteiger partial charge in [-0.3, -0.25) is 3.97 Å². The lowest BCUT2D eigenvalue weighted by atomic mass is 10.1. The summed E-state index contributed by atoms with van der Waals surface area (Å²) in [6.45, 7) is 2.03. The number of pyridine rings is 1. The molecule has 5 nitrogen and oxygen atoms in total. The first-order chi connectivity index (χ1) is 8.66. The molecule has 0 aliphatic heterocycles. The van der Waals surface area contributed by atoms with E-state index in [4.69, 9.17) is 5.73 Å². The molecule has 0 atom stereocenters. The molecule has 0 aromatic carbocycles. The Morgan fingerprint density at radius 3 is 2.78 bits per heavy atom. The SMILES string of the molecule is Cc1ccnc2c1c(-c1ccnc(N)n1)cn2S. The number of hydrogen-bond acceptors (Lipinski definition) is 5. The van der Waals surface area contributed by atoms with Gasteiger partial charge in [0.25, 0.3) is 0 Å². The van der Waals surface area contributed by atoms with Crippen LogP contribution in [0.4, 0.5) is 5.95 Å². The van der Waals surface area contributed by atoms with E-state index in [-0.39, 0.29) is 5.95 Å². The van der Waals surface area contributed by atoms with Crippen LogP contribution < -0.4 is 5.73 Å². The van der Waals surface area contributed by atoms with Crippen LogP contribution in [0.5, 0.6) is 0 Å². The summed E-state index contributed by atoms with van der Waals surface area (Å²) in [5.41, 5.74) is 9.29. The highest BCUT2D eigenvalue weighted by Crippen LogP contribution is 2.31. The predicted octanol–water partition coefficient (Wildman–Crippen LogP) is 2.08. The zero-order valence-corrected chi connectivity index (χ0v) is 10.6. The van der Waals surface area contributed by atoms with Gasteiger partial charge in [0.05, 0.1) is 5.69 Å². The Balaban J connectivity index is 2.36. The van der Waals surface area contributed by atoms with E-state index in [0.717, 1.165) is 27.9 Å². The molecule has 0 fully saturated rings. The average molecular weight is 257 g/mol. The van der Waals surface area contributed by atoms with Crippen molar-refractivity contribution < 1.29 is 0 Å². The van der Waals surface area contributed by atoms with E-state index in [1.165, 1.54) is 0 Å². The van der Waals surface area contributed by atoms with Crippen molar-refractivity contribution in [3.8, 4) is 11.3 Å². The van der Waals surface area contributed by atoms with Gasteiger partial charge in [0, 0.05) is 29.5 Å². The van der Waals surface area contributed by atoms with E-state index in [9.17, 15) is 0 Å². The Morgan fingerprint density at radius 2 is 2.00 bits per heavy atom. The largest absolute Gasteiger partial charge is 0.368 e. The summed E-state index contributed by atoms with van der Waals surface area (Å²) in [4.78, 5) is 12.5. The Morgan fingerprint density at radius 1 is 1.22 bits per heavy atom. The highest BCUT2D eigenvalue weighted by molar-refractivity contribution is 7.78. The van der Waals surface area contributed by atoms with E-state index < -0.39 is 0 Å². The van der Waals surface area contributed by atoms with Crippen LogP contribution in [0, 0.1) is 6.92 Å². The van der Waals surface area contributed by atoms with Gasteiger partial charge in [0.2, 0.25) is 5.95 Å². The van der Waals surface area contributed by atoms with Gasteiger partial charge in [-0.25, -0.2) is 15.0 Å². The first-order valence-corrected chi connectivity index (χ1v) is 5.81. The number of aromatic nitrogens is 4. The van der Waals surface area contributed by atoms with E-state index in [1.54, 1.807) is 16.4 Å². The summed E-state index contributed by atoms with van der Waals surface area (Å²) in [7, 11) is 0. The maximum atomic E-state index is 5.62. The minimum Gasteiger partial charge on any atom is -0.368 e. The van der Waals surface area contributed by atoms with Crippen molar-refractivity contribution >= 4 is 29.8 Å². The molecular weight excluding hydrogens is 246 g/mol. The van der Waals surface area contributed by atoms with Crippen LogP contribution in [0.25, 0.3) is 22.3 Å². The number of anilines is 1. The number of hydrogen-bond donors (Lipinski definition) is 2. The van der Waals surface area contributed by atoms with Crippen molar-refractivity contribution in [1.82, 2.24) is 18.9 Å². The lowest BCUT2D eigenvalue weighted by molar-refractivity contribution is 1.19. The number of fused-ring (bicyclic) bond motifs is 1. The van der Waals surface area contributed by atoms with Crippen molar-refractivity contribution in [3.63, 3.8) is 0 Å². The Labute approximate surface area is 109 Å². The zero-order valence-electron chi connectivity index (χ0n) is 9.70. The monoisotopic (exact) mass is 257 g/mol. The van der Waals surface area contributed by atoms with Crippen LogP contribution in [0.1, 0.15) is 5.56 Å². The van der Waals surface area contributed by atoms with Gasteiger partial charge in [0.1, 0.15) is 0 Å². The van der Waals surface area contributed by atoms with Gasteiger partial charge in [-0.15, -0.1) is 0 Å². The van der Waals surface area contributed by atoms with Crippen LogP contribution >= 0.6 is 12.8 Å². The van der Waals surface area contributed by atoms with Crippen molar-refractivity contribution in [1.29, 1.82) is 0 Å². The van der Waals surface area contributed by atoms with E-state index in [0.29, 0.717) is 0 Å². The number of nitrogens with two attached hydrogens (primary N) is 1. The van der Waals surface area contributed by atoms with E-state index in [2.05, 4.69) is 27.8 Å². The Kier molecular flexibility index (Phi) is 2.45. The van der Waals surface area contributed by atoms with Gasteiger partial charge >= 0.3 is 0 Å². The molecule has 0 radical (unpaired) electrons. The van der Waals surface area contributed by atoms with Gasteiger partial charge in [0.15, 0.2) is 5.65 Å². The molecule has 90 valence electrons. The summed E-state index contributed by atoms with van der Waals surface area (Å²) in [5, 5.41) is 1.03. The minimum atomic E-state index is 0.258. The number of aryl methyl sites for hydroxylation is 1. The predicted molar refractivity (Wildman–Crippen MR) is 74.3 cm³/mol.